The van der Waals surface area contributed by atoms with Gasteiger partial charge in [-0.05, 0) is 5.53 Å². The van der Waals surface area contributed by atoms with Crippen molar-refractivity contribution in [3.8, 4) is 0 Å². The highest BCUT2D eigenvalue weighted by molar-refractivity contribution is 4.71. The molecular formula is C45H91N3O30. The van der Waals surface area contributed by atoms with Crippen LogP contribution in [0.4, 0.5) is 0 Å². The van der Waals surface area contributed by atoms with Crippen molar-refractivity contribution in [3.63, 3.8) is 0 Å². The summed E-state index contributed by atoms with van der Waals surface area (Å²) in [6, 6.07) is -0.993. The predicted molar refractivity (Wildman–Crippen MR) is 263 cm³/mol. The normalized spacial score (nSPS) is 17.9. The average molecular weight is 1150 g/mol. The van der Waals surface area contributed by atoms with Gasteiger partial charge in [-0.1, -0.05) is 5.11 Å². The van der Waals surface area contributed by atoms with Crippen LogP contribution >= 0.6 is 0 Å². The van der Waals surface area contributed by atoms with E-state index in [0.717, 1.165) is 0 Å². The van der Waals surface area contributed by atoms with Gasteiger partial charge in [0.05, 0.1) is 204 Å². The average Bonchev–Trinajstić information content (AvgIpc) is 3.44. The molecule has 0 amide bonds. The van der Waals surface area contributed by atoms with Crippen molar-refractivity contribution in [2.45, 2.75) is 91.5 Å². The summed E-state index contributed by atoms with van der Waals surface area (Å²) in [5.74, 6) is 0. The zero-order valence-corrected chi connectivity index (χ0v) is 44.1. The molecular weight excluding hydrogens is 1060 g/mol. The first-order valence-corrected chi connectivity index (χ1v) is 25.3. The van der Waals surface area contributed by atoms with Gasteiger partial charge in [-0.3, -0.25) is 0 Å². The lowest BCUT2D eigenvalue weighted by Gasteiger charge is -2.26. The van der Waals surface area contributed by atoms with Crippen LogP contribution in [0.25, 0.3) is 10.4 Å². The molecule has 0 aromatic heterocycles. The van der Waals surface area contributed by atoms with Gasteiger partial charge in [-0.15, -0.1) is 0 Å². The third-order valence-corrected chi connectivity index (χ3v) is 9.93. The van der Waals surface area contributed by atoms with E-state index in [1.807, 2.05) is 0 Å². The summed E-state index contributed by atoms with van der Waals surface area (Å²) in [6.45, 7) is -10.2. The van der Waals surface area contributed by atoms with Crippen LogP contribution in [0.2, 0.25) is 0 Å². The number of hydrogen-bond donors (Lipinski definition) is 16. The van der Waals surface area contributed by atoms with Crippen LogP contribution in [0, 0.1) is 0 Å². The minimum absolute atomic E-state index is 0.171. The van der Waals surface area contributed by atoms with Gasteiger partial charge in [0.1, 0.15) is 85.5 Å². The van der Waals surface area contributed by atoms with Gasteiger partial charge in [0.15, 0.2) is 0 Å². The molecule has 0 heterocycles. The van der Waals surface area contributed by atoms with Crippen LogP contribution in [-0.2, 0) is 66.3 Å². The molecule has 78 heavy (non-hydrogen) atoms. The standard InChI is InChI=1S/C45H91N3O30/c46-48-47-31(9-65-19-42(77-29-44(75-17-38(63)7-55)27-69-13-34(59)3-51)25-71-23-40(73-15-36(61)5-53)21-67-11-32(57)1-49)10-66-20-43(78-30-45(76-18-39(64)8-56)28-70-14-35(60)4-52)26-72-24-41(74-16-37(62)6-54)22-68-12-33(58)2-50/h31-45,49-64H,1-30H2. The Hall–Kier alpha value is -1.89. The van der Waals surface area contributed by atoms with E-state index < -0.39 is 144 Å². The molecule has 0 fully saturated rings. The molecule has 33 heteroatoms. The fourth-order valence-electron chi connectivity index (χ4n) is 5.63. The molecule has 14 atom stereocenters. The molecule has 33 nitrogen and oxygen atoms in total. The second-order valence-electron chi connectivity index (χ2n) is 17.6. The Morgan fingerprint density at radius 2 is 0.410 bits per heavy atom. The Bertz CT molecular complexity index is 1270. The number of aliphatic hydroxyl groups excluding tert-OH is 16. The Labute approximate surface area is 452 Å². The third-order valence-electron chi connectivity index (χ3n) is 9.93. The van der Waals surface area contributed by atoms with E-state index in [4.69, 9.17) is 76.5 Å². The lowest BCUT2D eigenvalue weighted by Crippen LogP contribution is -2.38. The Morgan fingerprint density at radius 1 is 0.244 bits per heavy atom. The van der Waals surface area contributed by atoms with Crippen LogP contribution in [-0.4, -0.2) is 371 Å². The topological polar surface area (TPSA) is 502 Å². The number of rotatable bonds is 59. The smallest absolute Gasteiger partial charge is 0.104 e. The summed E-state index contributed by atoms with van der Waals surface area (Å²) in [4.78, 5) is 2.89. The fourth-order valence-corrected chi connectivity index (χ4v) is 5.63. The summed E-state index contributed by atoms with van der Waals surface area (Å²) in [5, 5.41) is 156. The van der Waals surface area contributed by atoms with Crippen molar-refractivity contribution >= 4 is 0 Å². The highest BCUT2D eigenvalue weighted by Gasteiger charge is 2.24. The van der Waals surface area contributed by atoms with Crippen molar-refractivity contribution in [1.29, 1.82) is 0 Å². The molecule has 0 saturated heterocycles. The highest BCUT2D eigenvalue weighted by atomic mass is 16.6. The molecule has 0 saturated carbocycles. The van der Waals surface area contributed by atoms with E-state index >= 15 is 0 Å². The number of ether oxygens (including phenoxy) is 14. The molecule has 0 aromatic carbocycles. The van der Waals surface area contributed by atoms with Crippen molar-refractivity contribution in [1.82, 2.24) is 0 Å². The van der Waals surface area contributed by atoms with Gasteiger partial charge < -0.3 is 148 Å². The maximum Gasteiger partial charge on any atom is 0.104 e. The maximum absolute atomic E-state index is 9.92. The van der Waals surface area contributed by atoms with Crippen LogP contribution < -0.4 is 0 Å². The minimum Gasteiger partial charge on any atom is -0.394 e. The summed E-state index contributed by atoms with van der Waals surface area (Å²) in [6.07, 6.45) is -15.2. The SMILES string of the molecule is [N-]=[N+]=NC(COCC(COCC(COCC(O)CO)OCC(O)CO)OCC(COCC(O)CO)OCC(O)CO)COCC(COCC(COCC(O)CO)OCC(O)CO)OCC(COCC(O)CO)OCC(O)CO. The Kier molecular flexibility index (Phi) is 50.7. The predicted octanol–water partition coefficient (Wildman–Crippen LogP) is -9.07. The third kappa shape index (κ3) is 43.8. The molecule has 0 aliphatic rings. The number of azide groups is 1. The fraction of sp³-hybridized carbons (Fsp3) is 1.00. The number of nitrogens with zero attached hydrogens (tertiary/aromatic N) is 3. The molecule has 0 spiro atoms. The van der Waals surface area contributed by atoms with E-state index in [0.29, 0.717) is 0 Å². The van der Waals surface area contributed by atoms with Gasteiger partial charge >= 0.3 is 0 Å². The highest BCUT2D eigenvalue weighted by Crippen LogP contribution is 2.10. The zero-order valence-electron chi connectivity index (χ0n) is 44.1. The molecule has 0 aliphatic carbocycles. The summed E-state index contributed by atoms with van der Waals surface area (Å²) < 4.78 is 80.0. The van der Waals surface area contributed by atoms with E-state index in [-0.39, 0.29) is 145 Å². The monoisotopic (exact) mass is 1150 g/mol. The van der Waals surface area contributed by atoms with E-state index in [2.05, 4.69) is 10.0 Å². The van der Waals surface area contributed by atoms with E-state index in [1.54, 1.807) is 0 Å². The Balaban J connectivity index is 6.31. The van der Waals surface area contributed by atoms with Gasteiger partial charge in [0.2, 0.25) is 0 Å². The van der Waals surface area contributed by atoms with Crippen LogP contribution in [0.15, 0.2) is 5.11 Å². The molecule has 0 radical (unpaired) electrons. The van der Waals surface area contributed by atoms with E-state index in [9.17, 15) is 77.0 Å². The van der Waals surface area contributed by atoms with Crippen molar-refractivity contribution < 1.29 is 148 Å². The minimum atomic E-state index is -1.26. The molecule has 14 unspecified atom stereocenters. The zero-order chi connectivity index (χ0) is 58.2. The van der Waals surface area contributed by atoms with Gasteiger partial charge in [0, 0.05) is 4.91 Å². The molecule has 0 rings (SSSR count). The number of aliphatic hydroxyl groups is 16. The van der Waals surface area contributed by atoms with Gasteiger partial charge in [-0.25, -0.2) is 0 Å². The molecule has 0 aliphatic heterocycles. The Morgan fingerprint density at radius 3 is 0.615 bits per heavy atom. The first-order valence-electron chi connectivity index (χ1n) is 25.3. The van der Waals surface area contributed by atoms with Crippen molar-refractivity contribution in [2.24, 2.45) is 5.11 Å². The van der Waals surface area contributed by atoms with Crippen LogP contribution in [0.3, 0.4) is 0 Å². The maximum atomic E-state index is 9.92. The van der Waals surface area contributed by atoms with Crippen LogP contribution in [0.5, 0.6) is 0 Å². The van der Waals surface area contributed by atoms with Crippen molar-refractivity contribution in [3.05, 3.63) is 10.4 Å². The van der Waals surface area contributed by atoms with E-state index in [1.165, 1.54) is 0 Å². The summed E-state index contributed by atoms with van der Waals surface area (Å²) >= 11 is 0. The van der Waals surface area contributed by atoms with Crippen molar-refractivity contribution in [2.75, 3.05) is 198 Å². The number of hydrogen-bond acceptors (Lipinski definition) is 31. The molecule has 0 aromatic rings. The van der Waals surface area contributed by atoms with Gasteiger partial charge in [0.25, 0.3) is 0 Å². The first-order chi connectivity index (χ1) is 37.6. The second-order valence-corrected chi connectivity index (χ2v) is 17.6. The summed E-state index contributed by atoms with van der Waals surface area (Å²) in [7, 11) is 0. The molecule has 0 bridgehead atoms. The quantitative estimate of drug-likeness (QED) is 0.0153. The first kappa shape index (κ1) is 76.1. The molecule has 16 N–H and O–H groups in total. The lowest BCUT2D eigenvalue weighted by atomic mass is 10.3. The lowest BCUT2D eigenvalue weighted by molar-refractivity contribution is -0.139. The molecule has 466 valence electrons. The second kappa shape index (κ2) is 52.0. The largest absolute Gasteiger partial charge is 0.394 e. The summed E-state index contributed by atoms with van der Waals surface area (Å²) in [5.41, 5.74) is 9.46. The van der Waals surface area contributed by atoms with Crippen LogP contribution in [0.1, 0.15) is 0 Å². The van der Waals surface area contributed by atoms with Gasteiger partial charge in [-0.2, -0.15) is 0 Å².